The minimum absolute atomic E-state index is 0.0641. The van der Waals surface area contributed by atoms with Gasteiger partial charge in [-0.1, -0.05) is 86.3 Å². The van der Waals surface area contributed by atoms with E-state index in [-0.39, 0.29) is 6.42 Å². The number of anilines is 1. The highest BCUT2D eigenvalue weighted by Gasteiger charge is 2.41. The molecule has 0 saturated carbocycles. The van der Waals surface area contributed by atoms with Gasteiger partial charge in [0.25, 0.3) is 5.91 Å². The summed E-state index contributed by atoms with van der Waals surface area (Å²) in [5.74, 6) is 5.15. The largest absolute Gasteiger partial charge is 0.369 e. The fourth-order valence-electron chi connectivity index (χ4n) is 4.23. The summed E-state index contributed by atoms with van der Waals surface area (Å²) in [5, 5.41) is 19.3. The standard InChI is InChI=1S/C30H28N2O4/c1-4-26-25-19-23(15-16-24(25)27(33)36-32-26)31-28(34)30(35,18-17-21-11-7-5-8-12-21)20-29(2,3)22-13-9-6-10-14-22/h5-16,19,35H,4,20H2,1-3H3,(H,31,34). The van der Waals surface area contributed by atoms with Crippen molar-refractivity contribution < 1.29 is 14.4 Å². The Labute approximate surface area is 210 Å². The minimum atomic E-state index is -1.99. The zero-order valence-electron chi connectivity index (χ0n) is 20.5. The lowest BCUT2D eigenvalue weighted by Gasteiger charge is -2.32. The fourth-order valence-corrected chi connectivity index (χ4v) is 4.23. The van der Waals surface area contributed by atoms with Crippen LogP contribution in [-0.4, -0.2) is 21.8 Å². The number of rotatable bonds is 6. The fraction of sp³-hybridized carbons (Fsp3) is 0.233. The molecule has 0 aliphatic carbocycles. The highest BCUT2D eigenvalue weighted by molar-refractivity contribution is 6.01. The van der Waals surface area contributed by atoms with E-state index >= 15 is 0 Å². The van der Waals surface area contributed by atoms with Crippen LogP contribution in [0, 0.1) is 11.8 Å². The van der Waals surface area contributed by atoms with Crippen LogP contribution in [0.2, 0.25) is 0 Å². The third kappa shape index (κ3) is 5.37. The molecule has 3 aromatic carbocycles. The molecule has 1 aromatic heterocycles. The predicted octanol–water partition coefficient (Wildman–Crippen LogP) is 4.84. The van der Waals surface area contributed by atoms with Gasteiger partial charge in [0, 0.05) is 23.1 Å². The minimum Gasteiger partial charge on any atom is -0.369 e. The Morgan fingerprint density at radius 2 is 1.67 bits per heavy atom. The molecule has 6 heteroatoms. The molecule has 182 valence electrons. The van der Waals surface area contributed by atoms with Crippen molar-refractivity contribution in [3.8, 4) is 11.8 Å². The first kappa shape index (κ1) is 24.9. The van der Waals surface area contributed by atoms with Crippen LogP contribution in [-0.2, 0) is 16.6 Å². The molecule has 0 aliphatic heterocycles. The van der Waals surface area contributed by atoms with Gasteiger partial charge in [0.05, 0.1) is 11.1 Å². The highest BCUT2D eigenvalue weighted by atomic mass is 16.5. The lowest BCUT2D eigenvalue weighted by Crippen LogP contribution is -2.46. The molecule has 0 fully saturated rings. The number of fused-ring (bicyclic) bond motifs is 1. The first-order valence-electron chi connectivity index (χ1n) is 11.8. The van der Waals surface area contributed by atoms with Gasteiger partial charge in [-0.05, 0) is 47.7 Å². The Bertz CT molecular complexity index is 1500. The number of aryl methyl sites for hydroxylation is 1. The van der Waals surface area contributed by atoms with Crippen molar-refractivity contribution in [2.45, 2.75) is 44.6 Å². The summed E-state index contributed by atoms with van der Waals surface area (Å²) >= 11 is 0. The molecule has 0 aliphatic rings. The molecule has 1 amide bonds. The van der Waals surface area contributed by atoms with Gasteiger partial charge in [-0.2, -0.15) is 0 Å². The summed E-state index contributed by atoms with van der Waals surface area (Å²) in [6.07, 6.45) is 0.615. The molecule has 1 atom stereocenters. The van der Waals surface area contributed by atoms with E-state index in [1.54, 1.807) is 18.2 Å². The van der Waals surface area contributed by atoms with Crippen molar-refractivity contribution in [2.24, 2.45) is 0 Å². The molecule has 36 heavy (non-hydrogen) atoms. The average Bonchev–Trinajstić information content (AvgIpc) is 2.88. The van der Waals surface area contributed by atoms with Crippen LogP contribution in [0.5, 0.6) is 0 Å². The molecule has 0 bridgehead atoms. The van der Waals surface area contributed by atoms with Gasteiger partial charge in [-0.25, -0.2) is 4.79 Å². The quantitative estimate of drug-likeness (QED) is 0.385. The molecule has 6 nitrogen and oxygen atoms in total. The van der Waals surface area contributed by atoms with Crippen molar-refractivity contribution >= 4 is 22.4 Å². The number of nitrogens with one attached hydrogen (secondary N) is 1. The van der Waals surface area contributed by atoms with Crippen LogP contribution in [0.1, 0.15) is 44.0 Å². The molecule has 2 N–H and O–H groups in total. The second kappa shape index (κ2) is 10.2. The third-order valence-electron chi connectivity index (χ3n) is 6.20. The Morgan fingerprint density at radius 1 is 1.00 bits per heavy atom. The summed E-state index contributed by atoms with van der Waals surface area (Å²) in [6, 6.07) is 23.8. The Balaban J connectivity index is 1.71. The molecule has 0 saturated heterocycles. The number of hydrogen-bond donors (Lipinski definition) is 2. The van der Waals surface area contributed by atoms with Crippen molar-refractivity contribution in [3.05, 3.63) is 106 Å². The van der Waals surface area contributed by atoms with Crippen molar-refractivity contribution in [1.82, 2.24) is 5.16 Å². The van der Waals surface area contributed by atoms with E-state index in [0.29, 0.717) is 34.1 Å². The van der Waals surface area contributed by atoms with Crippen LogP contribution in [0.3, 0.4) is 0 Å². The SMILES string of the molecule is CCc1noc(=O)c2ccc(NC(=O)C(O)(C#Cc3ccccc3)CC(C)(C)c3ccccc3)cc12. The number of aliphatic hydroxyl groups is 1. The van der Waals surface area contributed by atoms with E-state index in [1.807, 2.05) is 81.4 Å². The van der Waals surface area contributed by atoms with Gasteiger partial charge < -0.3 is 14.9 Å². The van der Waals surface area contributed by atoms with E-state index in [4.69, 9.17) is 4.52 Å². The predicted molar refractivity (Wildman–Crippen MR) is 141 cm³/mol. The van der Waals surface area contributed by atoms with E-state index in [9.17, 15) is 14.7 Å². The lowest BCUT2D eigenvalue weighted by atomic mass is 9.75. The zero-order chi connectivity index (χ0) is 25.8. The normalized spacial score (nSPS) is 12.9. The Hall–Kier alpha value is -4.21. The van der Waals surface area contributed by atoms with Crippen molar-refractivity contribution in [2.75, 3.05) is 5.32 Å². The first-order valence-corrected chi connectivity index (χ1v) is 11.8. The second-order valence-corrected chi connectivity index (χ2v) is 9.39. The molecule has 1 unspecified atom stereocenters. The maximum Gasteiger partial charge on any atom is 0.366 e. The molecule has 0 spiro atoms. The number of nitrogens with zero attached hydrogens (tertiary/aromatic N) is 1. The summed E-state index contributed by atoms with van der Waals surface area (Å²) in [7, 11) is 0. The summed E-state index contributed by atoms with van der Waals surface area (Å²) in [4.78, 5) is 25.6. The number of hydrogen-bond acceptors (Lipinski definition) is 5. The maximum atomic E-state index is 13.6. The molecular weight excluding hydrogens is 452 g/mol. The topological polar surface area (TPSA) is 92.4 Å². The molecule has 4 aromatic rings. The van der Waals surface area contributed by atoms with Gasteiger partial charge >= 0.3 is 5.63 Å². The Kier molecular flexibility index (Phi) is 7.05. The van der Waals surface area contributed by atoms with E-state index < -0.39 is 22.5 Å². The monoisotopic (exact) mass is 480 g/mol. The number of aromatic nitrogens is 1. The molecular formula is C30H28N2O4. The number of carbonyl (C=O) groups is 1. The van der Waals surface area contributed by atoms with Crippen LogP contribution in [0.25, 0.3) is 10.8 Å². The average molecular weight is 481 g/mol. The first-order chi connectivity index (χ1) is 17.2. The number of carbonyl (C=O) groups excluding carboxylic acids is 1. The summed E-state index contributed by atoms with van der Waals surface area (Å²) in [5.41, 5.74) is -0.398. The Morgan fingerprint density at radius 3 is 2.33 bits per heavy atom. The van der Waals surface area contributed by atoms with Crippen LogP contribution >= 0.6 is 0 Å². The smallest absolute Gasteiger partial charge is 0.366 e. The van der Waals surface area contributed by atoms with Gasteiger partial charge in [-0.15, -0.1) is 0 Å². The maximum absolute atomic E-state index is 13.6. The van der Waals surface area contributed by atoms with Gasteiger partial charge in [0.1, 0.15) is 0 Å². The number of benzene rings is 3. The van der Waals surface area contributed by atoms with Crippen LogP contribution in [0.4, 0.5) is 5.69 Å². The van der Waals surface area contributed by atoms with Crippen LogP contribution < -0.4 is 10.9 Å². The highest BCUT2D eigenvalue weighted by Crippen LogP contribution is 2.33. The van der Waals surface area contributed by atoms with E-state index in [2.05, 4.69) is 22.3 Å². The number of amides is 1. The summed E-state index contributed by atoms with van der Waals surface area (Å²) in [6.45, 7) is 5.84. The lowest BCUT2D eigenvalue weighted by molar-refractivity contribution is -0.130. The third-order valence-corrected chi connectivity index (χ3v) is 6.20. The van der Waals surface area contributed by atoms with E-state index in [0.717, 1.165) is 5.56 Å². The van der Waals surface area contributed by atoms with E-state index in [1.165, 1.54) is 0 Å². The van der Waals surface area contributed by atoms with Crippen LogP contribution in [0.15, 0.2) is 88.2 Å². The van der Waals surface area contributed by atoms with Gasteiger partial charge in [-0.3, -0.25) is 4.79 Å². The molecule has 1 heterocycles. The van der Waals surface area contributed by atoms with Crippen molar-refractivity contribution in [3.63, 3.8) is 0 Å². The van der Waals surface area contributed by atoms with Crippen molar-refractivity contribution in [1.29, 1.82) is 0 Å². The molecule has 4 rings (SSSR count). The summed E-state index contributed by atoms with van der Waals surface area (Å²) < 4.78 is 4.86. The van der Waals surface area contributed by atoms with Gasteiger partial charge in [0.15, 0.2) is 0 Å². The van der Waals surface area contributed by atoms with Gasteiger partial charge in [0.2, 0.25) is 5.60 Å². The molecule has 0 radical (unpaired) electrons. The zero-order valence-corrected chi connectivity index (χ0v) is 20.5. The second-order valence-electron chi connectivity index (χ2n) is 9.39.